The van der Waals surface area contributed by atoms with Gasteiger partial charge in [0.05, 0.1) is 16.9 Å². The van der Waals surface area contributed by atoms with Gasteiger partial charge in [0, 0.05) is 43.8 Å². The highest BCUT2D eigenvalue weighted by atomic mass is 16.3. The molecule has 0 radical (unpaired) electrons. The number of fused-ring (bicyclic) bond motifs is 3. The number of phenolic OH excluding ortho intramolecular Hbond substituents is 1. The minimum Gasteiger partial charge on any atom is -0.508 e. The van der Waals surface area contributed by atoms with E-state index in [1.54, 1.807) is 43.4 Å². The smallest absolute Gasteiger partial charge is 0.255 e. The molecule has 3 atom stereocenters. The number of aromatic nitrogens is 1. The standard InChI is InChI=1S/C26H25N3O7/c1-29(2)16-10-13(15-5-3-4-6-28-15)14-8-11-7-12-9-17(30)20(25(27)35)24(34)26(12,36)23(33)18(11)22(32)19(14)21(16)31/h3-6,10-12,31-32,34,36H,7-9H2,1-2H3,(H2,27,35). The molecule has 3 aliphatic carbocycles. The van der Waals surface area contributed by atoms with Crippen molar-refractivity contribution in [3.8, 4) is 17.0 Å². The second-order valence-corrected chi connectivity index (χ2v) is 9.66. The molecule has 2 aromatic rings. The first-order valence-corrected chi connectivity index (χ1v) is 11.4. The summed E-state index contributed by atoms with van der Waals surface area (Å²) in [6, 6.07) is 7.12. The zero-order valence-corrected chi connectivity index (χ0v) is 19.6. The van der Waals surface area contributed by atoms with Gasteiger partial charge < -0.3 is 31.1 Å². The molecule has 10 nitrogen and oxygen atoms in total. The molecule has 1 heterocycles. The van der Waals surface area contributed by atoms with Crippen molar-refractivity contribution in [2.75, 3.05) is 19.0 Å². The largest absolute Gasteiger partial charge is 0.508 e. The number of nitrogens with two attached hydrogens (primary N) is 1. The number of hydrogen-bond donors (Lipinski definition) is 5. The van der Waals surface area contributed by atoms with Crippen molar-refractivity contribution in [2.24, 2.45) is 17.6 Å². The Labute approximate surface area is 206 Å². The number of ketones is 2. The summed E-state index contributed by atoms with van der Waals surface area (Å²) in [5, 5.41) is 44.6. The van der Waals surface area contributed by atoms with Crippen molar-refractivity contribution in [1.29, 1.82) is 0 Å². The average molecular weight is 492 g/mol. The number of carbonyl (C=O) groups is 3. The predicted molar refractivity (Wildman–Crippen MR) is 129 cm³/mol. The monoisotopic (exact) mass is 491 g/mol. The number of aliphatic hydroxyl groups excluding tert-OH is 2. The SMILES string of the molecule is CN(C)c1cc(-c2ccccn2)c2c(c1O)C(O)=C1C(=O)C3(O)C(O)=C(C(N)=O)C(=O)CC3CC1C2. The number of nitrogens with zero attached hydrogens (tertiary/aromatic N) is 2. The number of amides is 1. The second kappa shape index (κ2) is 7.92. The van der Waals surface area contributed by atoms with Crippen molar-refractivity contribution >= 4 is 28.9 Å². The first kappa shape index (κ1) is 23.6. The summed E-state index contributed by atoms with van der Waals surface area (Å²) in [5.74, 6) is -6.53. The van der Waals surface area contributed by atoms with Crippen molar-refractivity contribution in [2.45, 2.75) is 24.9 Å². The van der Waals surface area contributed by atoms with Crippen molar-refractivity contribution in [3.05, 3.63) is 58.5 Å². The van der Waals surface area contributed by atoms with Gasteiger partial charge in [-0.3, -0.25) is 19.4 Å². The molecule has 0 spiro atoms. The highest BCUT2D eigenvalue weighted by molar-refractivity contribution is 6.22. The number of rotatable bonds is 3. The number of primary amides is 1. The Morgan fingerprint density at radius 3 is 2.50 bits per heavy atom. The quantitative estimate of drug-likeness (QED) is 0.399. The molecule has 5 rings (SSSR count). The molecule has 36 heavy (non-hydrogen) atoms. The maximum Gasteiger partial charge on any atom is 0.255 e. The van der Waals surface area contributed by atoms with E-state index in [1.165, 1.54) is 0 Å². The summed E-state index contributed by atoms with van der Waals surface area (Å²) >= 11 is 0. The van der Waals surface area contributed by atoms with E-state index in [-0.39, 0.29) is 36.1 Å². The van der Waals surface area contributed by atoms with Gasteiger partial charge in [-0.15, -0.1) is 0 Å². The van der Waals surface area contributed by atoms with E-state index in [2.05, 4.69) is 4.98 Å². The van der Waals surface area contributed by atoms with Crippen LogP contribution < -0.4 is 10.6 Å². The van der Waals surface area contributed by atoms with Gasteiger partial charge in [-0.1, -0.05) is 6.07 Å². The zero-order chi connectivity index (χ0) is 26.1. The summed E-state index contributed by atoms with van der Waals surface area (Å²) in [6.45, 7) is 0. The summed E-state index contributed by atoms with van der Waals surface area (Å²) in [4.78, 5) is 44.0. The summed E-state index contributed by atoms with van der Waals surface area (Å²) in [7, 11) is 3.43. The fourth-order valence-electron chi connectivity index (χ4n) is 5.77. The predicted octanol–water partition coefficient (Wildman–Crippen LogP) is 1.55. The lowest BCUT2D eigenvalue weighted by molar-refractivity contribution is -0.147. The van der Waals surface area contributed by atoms with Crippen LogP contribution in [0.2, 0.25) is 0 Å². The van der Waals surface area contributed by atoms with E-state index in [1.807, 2.05) is 6.07 Å². The van der Waals surface area contributed by atoms with E-state index in [9.17, 15) is 34.8 Å². The maximum atomic E-state index is 13.7. The van der Waals surface area contributed by atoms with Crippen molar-refractivity contribution in [3.63, 3.8) is 0 Å². The van der Waals surface area contributed by atoms with Crippen LogP contribution in [0, 0.1) is 11.8 Å². The van der Waals surface area contributed by atoms with Crippen molar-refractivity contribution in [1.82, 2.24) is 4.98 Å². The number of benzene rings is 1. The van der Waals surface area contributed by atoms with Crippen LogP contribution in [-0.2, 0) is 20.8 Å². The Kier molecular flexibility index (Phi) is 5.18. The summed E-state index contributed by atoms with van der Waals surface area (Å²) in [6.07, 6.45) is 1.54. The first-order valence-electron chi connectivity index (χ1n) is 11.4. The fourth-order valence-corrected chi connectivity index (χ4v) is 5.77. The molecule has 1 aromatic heterocycles. The maximum absolute atomic E-state index is 13.7. The number of carbonyl (C=O) groups excluding carboxylic acids is 3. The molecule has 1 saturated carbocycles. The number of aromatic hydroxyl groups is 1. The molecule has 0 bridgehead atoms. The molecule has 6 N–H and O–H groups in total. The van der Waals surface area contributed by atoms with Crippen LogP contribution in [0.5, 0.6) is 5.75 Å². The first-order chi connectivity index (χ1) is 17.0. The number of Topliss-reactive ketones (excluding diaryl/α,β-unsaturated/α-hetero) is 2. The van der Waals surface area contributed by atoms with Crippen LogP contribution in [0.4, 0.5) is 5.69 Å². The Hall–Kier alpha value is -4.18. The van der Waals surface area contributed by atoms with Crippen LogP contribution in [-0.4, -0.2) is 62.6 Å². The van der Waals surface area contributed by atoms with E-state index in [0.717, 1.165) is 0 Å². The normalized spacial score (nSPS) is 25.3. The molecule has 1 aromatic carbocycles. The molecule has 186 valence electrons. The van der Waals surface area contributed by atoms with E-state index < -0.39 is 52.0 Å². The molecular weight excluding hydrogens is 466 g/mol. The van der Waals surface area contributed by atoms with Crippen LogP contribution in [0.15, 0.2) is 47.4 Å². The Morgan fingerprint density at radius 2 is 1.89 bits per heavy atom. The van der Waals surface area contributed by atoms with Gasteiger partial charge in [0.25, 0.3) is 5.91 Å². The number of hydrogen-bond acceptors (Lipinski definition) is 9. The highest BCUT2D eigenvalue weighted by Gasteiger charge is 2.60. The summed E-state index contributed by atoms with van der Waals surface area (Å²) in [5.41, 5.74) is 3.89. The van der Waals surface area contributed by atoms with Gasteiger partial charge in [0.2, 0.25) is 5.78 Å². The third-order valence-corrected chi connectivity index (χ3v) is 7.47. The van der Waals surface area contributed by atoms with Gasteiger partial charge >= 0.3 is 0 Å². The molecular formula is C26H25N3O7. The third kappa shape index (κ3) is 3.07. The lowest BCUT2D eigenvalue weighted by Crippen LogP contribution is -2.58. The van der Waals surface area contributed by atoms with Gasteiger partial charge in [-0.05, 0) is 42.5 Å². The molecule has 3 unspecified atom stereocenters. The molecule has 3 aliphatic rings. The van der Waals surface area contributed by atoms with Gasteiger partial charge in [-0.2, -0.15) is 0 Å². The van der Waals surface area contributed by atoms with E-state index >= 15 is 0 Å². The molecule has 1 amide bonds. The van der Waals surface area contributed by atoms with Crippen molar-refractivity contribution < 1.29 is 34.8 Å². The number of aliphatic hydroxyl groups is 3. The topological polar surface area (TPSA) is 174 Å². The Balaban J connectivity index is 1.77. The van der Waals surface area contributed by atoms with Crippen LogP contribution >= 0.6 is 0 Å². The van der Waals surface area contributed by atoms with Gasteiger partial charge in [-0.25, -0.2) is 0 Å². The Bertz CT molecular complexity index is 1410. The molecule has 1 fully saturated rings. The number of phenols is 1. The Morgan fingerprint density at radius 1 is 1.17 bits per heavy atom. The van der Waals surface area contributed by atoms with Crippen LogP contribution in [0.25, 0.3) is 17.0 Å². The molecule has 0 saturated heterocycles. The second-order valence-electron chi connectivity index (χ2n) is 9.66. The fraction of sp³-hybridized carbons (Fsp3) is 0.308. The molecule has 0 aliphatic heterocycles. The number of pyridine rings is 1. The number of anilines is 1. The minimum atomic E-state index is -2.59. The summed E-state index contributed by atoms with van der Waals surface area (Å²) < 4.78 is 0. The van der Waals surface area contributed by atoms with Gasteiger partial charge in [0.15, 0.2) is 11.4 Å². The highest BCUT2D eigenvalue weighted by Crippen LogP contribution is 2.54. The van der Waals surface area contributed by atoms with Gasteiger partial charge in [0.1, 0.15) is 22.8 Å². The van der Waals surface area contributed by atoms with Crippen LogP contribution in [0.3, 0.4) is 0 Å². The lowest BCUT2D eigenvalue weighted by atomic mass is 9.59. The molecule has 10 heteroatoms. The lowest BCUT2D eigenvalue weighted by Gasteiger charge is -2.46. The van der Waals surface area contributed by atoms with E-state index in [0.29, 0.717) is 22.5 Å². The zero-order valence-electron chi connectivity index (χ0n) is 19.6. The minimum absolute atomic E-state index is 0.0361. The van der Waals surface area contributed by atoms with E-state index in [4.69, 9.17) is 5.73 Å². The third-order valence-electron chi connectivity index (χ3n) is 7.47. The average Bonchev–Trinajstić information content (AvgIpc) is 2.81. The van der Waals surface area contributed by atoms with Crippen LogP contribution in [0.1, 0.15) is 24.0 Å².